The highest BCUT2D eigenvalue weighted by Crippen LogP contribution is 2.50. The van der Waals surface area contributed by atoms with Crippen molar-refractivity contribution >= 4 is 11.6 Å². The standard InChI is InChI=1S/C15H16F4N2O/c16-9-3-10(17)5-12(4-9)21-2-1-14(13(21)22)6-11(20)7-15(18,19)8-14/h3-5,11H,1-2,6-8,20H2/t11-,14-/m1/s1. The van der Waals surface area contributed by atoms with E-state index in [9.17, 15) is 22.4 Å². The van der Waals surface area contributed by atoms with Crippen LogP contribution in [0.2, 0.25) is 0 Å². The lowest BCUT2D eigenvalue weighted by Gasteiger charge is -2.39. The highest BCUT2D eigenvalue weighted by Gasteiger charge is 2.56. The Morgan fingerprint density at radius 1 is 1.14 bits per heavy atom. The number of amides is 1. The van der Waals surface area contributed by atoms with Crippen LogP contribution in [0.4, 0.5) is 23.2 Å². The Morgan fingerprint density at radius 2 is 1.77 bits per heavy atom. The van der Waals surface area contributed by atoms with Gasteiger partial charge in [0.25, 0.3) is 5.92 Å². The molecule has 1 spiro atoms. The molecular weight excluding hydrogens is 300 g/mol. The summed E-state index contributed by atoms with van der Waals surface area (Å²) in [4.78, 5) is 13.8. The Hall–Kier alpha value is -1.63. The lowest BCUT2D eigenvalue weighted by atomic mass is 9.69. The average Bonchev–Trinajstić information content (AvgIpc) is 2.62. The van der Waals surface area contributed by atoms with Gasteiger partial charge >= 0.3 is 0 Å². The first-order valence-corrected chi connectivity index (χ1v) is 7.12. The quantitative estimate of drug-likeness (QED) is 0.810. The van der Waals surface area contributed by atoms with Crippen LogP contribution in [0.3, 0.4) is 0 Å². The molecule has 1 aromatic carbocycles. The van der Waals surface area contributed by atoms with Gasteiger partial charge in [0.1, 0.15) is 11.6 Å². The van der Waals surface area contributed by atoms with Gasteiger partial charge in [0.2, 0.25) is 5.91 Å². The van der Waals surface area contributed by atoms with Crippen molar-refractivity contribution in [2.75, 3.05) is 11.4 Å². The van der Waals surface area contributed by atoms with Gasteiger partial charge in [-0.1, -0.05) is 0 Å². The van der Waals surface area contributed by atoms with Crippen molar-refractivity contribution in [3.63, 3.8) is 0 Å². The van der Waals surface area contributed by atoms with E-state index in [4.69, 9.17) is 5.73 Å². The van der Waals surface area contributed by atoms with Crippen LogP contribution < -0.4 is 10.6 Å². The zero-order chi connectivity index (χ0) is 16.1. The summed E-state index contributed by atoms with van der Waals surface area (Å²) in [7, 11) is 0. The maximum absolute atomic E-state index is 13.8. The fourth-order valence-electron chi connectivity index (χ4n) is 3.71. The largest absolute Gasteiger partial charge is 0.327 e. The fourth-order valence-corrected chi connectivity index (χ4v) is 3.71. The number of carbonyl (C=O) groups excluding carboxylic acids is 1. The van der Waals surface area contributed by atoms with Crippen LogP contribution in [0.1, 0.15) is 25.7 Å². The van der Waals surface area contributed by atoms with Crippen LogP contribution in [0.5, 0.6) is 0 Å². The molecule has 0 bridgehead atoms. The maximum atomic E-state index is 13.8. The summed E-state index contributed by atoms with van der Waals surface area (Å²) in [5, 5.41) is 0. The topological polar surface area (TPSA) is 46.3 Å². The normalized spacial score (nSPS) is 31.0. The number of anilines is 1. The minimum atomic E-state index is -2.99. The lowest BCUT2D eigenvalue weighted by molar-refractivity contribution is -0.139. The minimum Gasteiger partial charge on any atom is -0.327 e. The first-order valence-electron chi connectivity index (χ1n) is 7.12. The Labute approximate surface area is 125 Å². The molecule has 0 aromatic heterocycles. The molecule has 1 saturated heterocycles. The first-order chi connectivity index (χ1) is 10.2. The van der Waals surface area contributed by atoms with Crippen LogP contribution >= 0.6 is 0 Å². The highest BCUT2D eigenvalue weighted by atomic mass is 19.3. The van der Waals surface area contributed by atoms with Crippen LogP contribution in [-0.2, 0) is 4.79 Å². The lowest BCUT2D eigenvalue weighted by Crippen LogP contribution is -2.49. The molecule has 2 N–H and O–H groups in total. The summed E-state index contributed by atoms with van der Waals surface area (Å²) in [6, 6.07) is 2.00. The third-order valence-corrected chi connectivity index (χ3v) is 4.48. The van der Waals surface area contributed by atoms with Crippen molar-refractivity contribution in [3.05, 3.63) is 29.8 Å². The molecule has 2 fully saturated rings. The molecule has 7 heteroatoms. The molecule has 1 aromatic rings. The van der Waals surface area contributed by atoms with Crippen molar-refractivity contribution in [1.82, 2.24) is 0 Å². The number of benzene rings is 1. The summed E-state index contributed by atoms with van der Waals surface area (Å²) in [5.74, 6) is -5.13. The number of hydrogen-bond acceptors (Lipinski definition) is 2. The van der Waals surface area contributed by atoms with Gasteiger partial charge in [-0.2, -0.15) is 0 Å². The summed E-state index contributed by atoms with van der Waals surface area (Å²) >= 11 is 0. The zero-order valence-electron chi connectivity index (χ0n) is 11.8. The molecule has 1 amide bonds. The van der Waals surface area contributed by atoms with Crippen LogP contribution in [0, 0.1) is 17.0 Å². The summed E-state index contributed by atoms with van der Waals surface area (Å²) in [6.45, 7) is 0.157. The number of halogens is 4. The second-order valence-electron chi connectivity index (χ2n) is 6.32. The first kappa shape index (κ1) is 15.3. The van der Waals surface area contributed by atoms with E-state index < -0.39 is 47.8 Å². The van der Waals surface area contributed by atoms with Crippen molar-refractivity contribution in [3.8, 4) is 0 Å². The molecule has 1 aliphatic heterocycles. The third kappa shape index (κ3) is 2.58. The van der Waals surface area contributed by atoms with Crippen LogP contribution in [0.25, 0.3) is 0 Å². The van der Waals surface area contributed by atoms with E-state index in [0.717, 1.165) is 12.1 Å². The molecule has 0 unspecified atom stereocenters. The van der Waals surface area contributed by atoms with E-state index in [2.05, 4.69) is 0 Å². The Balaban J connectivity index is 1.91. The van der Waals surface area contributed by atoms with Gasteiger partial charge in [-0.15, -0.1) is 0 Å². The molecule has 1 aliphatic carbocycles. The second-order valence-corrected chi connectivity index (χ2v) is 6.32. The van der Waals surface area contributed by atoms with Crippen LogP contribution in [0.15, 0.2) is 18.2 Å². The van der Waals surface area contributed by atoms with Gasteiger partial charge in [-0.25, -0.2) is 17.6 Å². The fraction of sp³-hybridized carbons (Fsp3) is 0.533. The SMILES string of the molecule is N[C@H]1CC(F)(F)C[C@@]2(CCN(c3cc(F)cc(F)c3)C2=O)C1. The minimum absolute atomic E-state index is 0.0573. The molecule has 2 atom stereocenters. The average molecular weight is 316 g/mol. The second kappa shape index (κ2) is 4.94. The van der Waals surface area contributed by atoms with E-state index in [1.165, 1.54) is 4.90 Å². The number of nitrogens with two attached hydrogens (primary N) is 1. The maximum Gasteiger partial charge on any atom is 0.250 e. The molecule has 3 rings (SSSR count). The van der Waals surface area contributed by atoms with Crippen molar-refractivity contribution in [1.29, 1.82) is 0 Å². The van der Waals surface area contributed by atoms with E-state index in [1.807, 2.05) is 0 Å². The predicted octanol–water partition coefficient (Wildman–Crippen LogP) is 2.83. The van der Waals surface area contributed by atoms with Gasteiger partial charge in [0.15, 0.2) is 0 Å². The number of nitrogens with zero attached hydrogens (tertiary/aromatic N) is 1. The number of hydrogen-bond donors (Lipinski definition) is 1. The molecule has 120 valence electrons. The van der Waals surface area contributed by atoms with Gasteiger partial charge in [0, 0.05) is 37.2 Å². The van der Waals surface area contributed by atoms with Crippen LogP contribution in [-0.4, -0.2) is 24.4 Å². The van der Waals surface area contributed by atoms with Gasteiger partial charge in [0.05, 0.1) is 5.41 Å². The predicted molar refractivity (Wildman–Crippen MR) is 72.5 cm³/mol. The molecule has 2 aliphatic rings. The van der Waals surface area contributed by atoms with Gasteiger partial charge in [-0.05, 0) is 25.0 Å². The number of carbonyl (C=O) groups is 1. The smallest absolute Gasteiger partial charge is 0.250 e. The summed E-state index contributed by atoms with van der Waals surface area (Å²) in [5.41, 5.74) is 4.51. The van der Waals surface area contributed by atoms with Gasteiger partial charge < -0.3 is 10.6 Å². The Kier molecular flexibility index (Phi) is 3.43. The van der Waals surface area contributed by atoms with E-state index in [-0.39, 0.29) is 25.1 Å². The van der Waals surface area contributed by atoms with Crippen molar-refractivity contribution in [2.24, 2.45) is 11.1 Å². The number of rotatable bonds is 1. The molecule has 1 heterocycles. The van der Waals surface area contributed by atoms with E-state index in [0.29, 0.717) is 6.07 Å². The monoisotopic (exact) mass is 316 g/mol. The Morgan fingerprint density at radius 3 is 2.36 bits per heavy atom. The van der Waals surface area contributed by atoms with Gasteiger partial charge in [-0.3, -0.25) is 4.79 Å². The number of alkyl halides is 2. The molecule has 3 nitrogen and oxygen atoms in total. The van der Waals surface area contributed by atoms with E-state index >= 15 is 0 Å². The Bertz CT molecular complexity index is 601. The van der Waals surface area contributed by atoms with Crippen molar-refractivity contribution in [2.45, 2.75) is 37.6 Å². The van der Waals surface area contributed by atoms with Crippen molar-refractivity contribution < 1.29 is 22.4 Å². The highest BCUT2D eigenvalue weighted by molar-refractivity contribution is 6.00. The summed E-state index contributed by atoms with van der Waals surface area (Å²) < 4.78 is 54.2. The third-order valence-electron chi connectivity index (χ3n) is 4.48. The van der Waals surface area contributed by atoms with E-state index in [1.54, 1.807) is 0 Å². The zero-order valence-corrected chi connectivity index (χ0v) is 11.8. The molecular formula is C15H16F4N2O. The summed E-state index contributed by atoms with van der Waals surface area (Å²) in [6.07, 6.45) is -0.597. The molecule has 0 radical (unpaired) electrons. The molecule has 1 saturated carbocycles. The molecule has 22 heavy (non-hydrogen) atoms.